The molecule has 0 aromatic carbocycles. The lowest BCUT2D eigenvalue weighted by Crippen LogP contribution is -2.24. The van der Waals surface area contributed by atoms with Crippen LogP contribution >= 0.6 is 0 Å². The topological polar surface area (TPSA) is 96.0 Å². The van der Waals surface area contributed by atoms with Crippen LogP contribution in [0, 0.1) is 0 Å². The van der Waals surface area contributed by atoms with Crippen LogP contribution in [0.25, 0.3) is 0 Å². The molecule has 0 fully saturated rings. The van der Waals surface area contributed by atoms with E-state index in [1.165, 1.54) is 6.33 Å². The number of nitrogens with one attached hydrogen (secondary N) is 3. The summed E-state index contributed by atoms with van der Waals surface area (Å²) in [5.41, 5.74) is 1.03. The maximum atomic E-state index is 10.9. The summed E-state index contributed by atoms with van der Waals surface area (Å²) in [5.74, 6) is 1.61. The summed E-state index contributed by atoms with van der Waals surface area (Å²) >= 11 is 0. The fourth-order valence-electron chi connectivity index (χ4n) is 1.67. The highest BCUT2D eigenvalue weighted by atomic mass is 32.2. The molecule has 0 radical (unpaired) electrons. The second-order valence-corrected chi connectivity index (χ2v) is 5.93. The van der Waals surface area contributed by atoms with Crippen molar-refractivity contribution in [2.75, 3.05) is 37.0 Å². The van der Waals surface area contributed by atoms with Crippen molar-refractivity contribution in [1.29, 1.82) is 0 Å². The van der Waals surface area contributed by atoms with E-state index in [-0.39, 0.29) is 0 Å². The average Bonchev–Trinajstić information content (AvgIpc) is 2.36. The van der Waals surface area contributed by atoms with Crippen molar-refractivity contribution in [3.8, 4) is 0 Å². The van der Waals surface area contributed by atoms with Crippen LogP contribution < -0.4 is 15.4 Å². The first-order valence-electron chi connectivity index (χ1n) is 6.18. The first kappa shape index (κ1) is 15.6. The predicted octanol–water partition coefficient (Wildman–Crippen LogP) is 0.432. The maximum absolute atomic E-state index is 10.9. The van der Waals surface area contributed by atoms with Crippen LogP contribution in [0.15, 0.2) is 6.33 Å². The summed E-state index contributed by atoms with van der Waals surface area (Å²) in [6, 6.07) is 0. The van der Waals surface area contributed by atoms with Gasteiger partial charge in [-0.2, -0.15) is 0 Å². The first-order valence-corrected chi connectivity index (χ1v) is 8.07. The molecule has 108 valence electrons. The van der Waals surface area contributed by atoms with E-state index >= 15 is 0 Å². The molecule has 0 saturated heterocycles. The summed E-state index contributed by atoms with van der Waals surface area (Å²) in [6.45, 7) is 3.10. The number of anilines is 2. The van der Waals surface area contributed by atoms with E-state index in [0.717, 1.165) is 29.9 Å². The number of rotatable bonds is 8. The summed E-state index contributed by atoms with van der Waals surface area (Å²) in [4.78, 5) is 8.36. The van der Waals surface area contributed by atoms with Crippen LogP contribution in [0.2, 0.25) is 0 Å². The van der Waals surface area contributed by atoms with Crippen LogP contribution in [-0.4, -0.2) is 44.8 Å². The van der Waals surface area contributed by atoms with Gasteiger partial charge in [-0.25, -0.2) is 23.1 Å². The van der Waals surface area contributed by atoms with Gasteiger partial charge < -0.3 is 10.6 Å². The molecule has 8 heteroatoms. The van der Waals surface area contributed by atoms with Gasteiger partial charge in [0.2, 0.25) is 10.0 Å². The Morgan fingerprint density at radius 1 is 1.21 bits per heavy atom. The van der Waals surface area contributed by atoms with Crippen molar-refractivity contribution >= 4 is 21.7 Å². The number of hydrogen-bond donors (Lipinski definition) is 3. The van der Waals surface area contributed by atoms with Gasteiger partial charge in [0.25, 0.3) is 0 Å². The molecule has 1 rings (SSSR count). The molecule has 19 heavy (non-hydrogen) atoms. The summed E-state index contributed by atoms with van der Waals surface area (Å²) < 4.78 is 24.2. The predicted molar refractivity (Wildman–Crippen MR) is 76.9 cm³/mol. The van der Waals surface area contributed by atoms with Crippen molar-refractivity contribution in [3.05, 3.63) is 11.9 Å². The van der Waals surface area contributed by atoms with Crippen LogP contribution in [-0.2, 0) is 16.4 Å². The third-order valence-corrected chi connectivity index (χ3v) is 3.27. The van der Waals surface area contributed by atoms with Gasteiger partial charge in [-0.05, 0) is 12.8 Å². The van der Waals surface area contributed by atoms with E-state index < -0.39 is 10.0 Å². The minimum Gasteiger partial charge on any atom is -0.373 e. The van der Waals surface area contributed by atoms with Gasteiger partial charge in [-0.3, -0.25) is 0 Å². The van der Waals surface area contributed by atoms with Gasteiger partial charge in [-0.15, -0.1) is 0 Å². The Morgan fingerprint density at radius 3 is 2.47 bits per heavy atom. The minimum atomic E-state index is -3.11. The molecule has 0 saturated carbocycles. The average molecular weight is 287 g/mol. The second-order valence-electron chi connectivity index (χ2n) is 4.10. The molecule has 0 amide bonds. The third-order valence-electron chi connectivity index (χ3n) is 2.55. The number of nitrogens with zero attached hydrogens (tertiary/aromatic N) is 2. The Kier molecular flexibility index (Phi) is 5.97. The van der Waals surface area contributed by atoms with E-state index in [4.69, 9.17) is 0 Å². The number of aromatic nitrogens is 2. The maximum Gasteiger partial charge on any atom is 0.208 e. The lowest BCUT2D eigenvalue weighted by Gasteiger charge is -2.12. The van der Waals surface area contributed by atoms with Crippen molar-refractivity contribution in [2.24, 2.45) is 0 Å². The monoisotopic (exact) mass is 287 g/mol. The molecule has 1 aromatic heterocycles. The lowest BCUT2D eigenvalue weighted by molar-refractivity contribution is 0.586. The molecule has 7 nitrogen and oxygen atoms in total. The highest BCUT2D eigenvalue weighted by Gasteiger charge is 2.07. The first-order chi connectivity index (χ1) is 8.98. The normalized spacial score (nSPS) is 11.3. The van der Waals surface area contributed by atoms with Crippen LogP contribution in [0.5, 0.6) is 0 Å². The second kappa shape index (κ2) is 7.25. The number of hydrogen-bond acceptors (Lipinski definition) is 6. The van der Waals surface area contributed by atoms with E-state index in [9.17, 15) is 8.42 Å². The molecule has 0 aliphatic heterocycles. The van der Waals surface area contributed by atoms with Gasteiger partial charge in [-0.1, -0.05) is 6.92 Å². The molecular formula is C11H21N5O2S. The summed E-state index contributed by atoms with van der Waals surface area (Å²) in [7, 11) is -1.29. The smallest absolute Gasteiger partial charge is 0.208 e. The highest BCUT2D eigenvalue weighted by Crippen LogP contribution is 2.19. The van der Waals surface area contributed by atoms with Crippen molar-refractivity contribution in [3.63, 3.8) is 0 Å². The van der Waals surface area contributed by atoms with Crippen molar-refractivity contribution in [2.45, 2.75) is 19.8 Å². The molecule has 0 aliphatic carbocycles. The van der Waals surface area contributed by atoms with E-state index in [0.29, 0.717) is 19.5 Å². The van der Waals surface area contributed by atoms with Crippen molar-refractivity contribution in [1.82, 2.24) is 14.7 Å². The van der Waals surface area contributed by atoms with Gasteiger partial charge >= 0.3 is 0 Å². The quantitative estimate of drug-likeness (QED) is 0.600. The zero-order chi connectivity index (χ0) is 14.3. The molecular weight excluding hydrogens is 266 g/mol. The Labute approximate surface area is 114 Å². The Morgan fingerprint density at radius 2 is 1.89 bits per heavy atom. The number of sulfonamides is 1. The summed E-state index contributed by atoms with van der Waals surface area (Å²) in [5, 5.41) is 6.22. The molecule has 1 heterocycles. The van der Waals surface area contributed by atoms with E-state index in [1.807, 2.05) is 14.0 Å². The largest absolute Gasteiger partial charge is 0.373 e. The fourth-order valence-corrected chi connectivity index (χ4v) is 2.18. The molecule has 3 N–H and O–H groups in total. The Hall–Kier alpha value is -1.41. The lowest BCUT2D eigenvalue weighted by atomic mass is 10.2. The molecule has 0 aliphatic rings. The van der Waals surface area contributed by atoms with Gasteiger partial charge in [0.15, 0.2) is 0 Å². The molecule has 0 bridgehead atoms. The molecule has 0 unspecified atom stereocenters. The SMILES string of the molecule is CCc1c(NC)ncnc1NCCCNS(C)(=O)=O. The third kappa shape index (κ3) is 5.39. The van der Waals surface area contributed by atoms with Gasteiger partial charge in [0, 0.05) is 25.7 Å². The van der Waals surface area contributed by atoms with E-state index in [2.05, 4.69) is 25.3 Å². The summed E-state index contributed by atoms with van der Waals surface area (Å²) in [6.07, 6.45) is 4.16. The minimum absolute atomic E-state index is 0.414. The van der Waals surface area contributed by atoms with Crippen molar-refractivity contribution < 1.29 is 8.42 Å². The Balaban J connectivity index is 2.49. The van der Waals surface area contributed by atoms with Gasteiger partial charge in [0.1, 0.15) is 18.0 Å². The van der Waals surface area contributed by atoms with E-state index in [1.54, 1.807) is 0 Å². The zero-order valence-corrected chi connectivity index (χ0v) is 12.3. The fraction of sp³-hybridized carbons (Fsp3) is 0.636. The van der Waals surface area contributed by atoms with Crippen LogP contribution in [0.3, 0.4) is 0 Å². The standard InChI is InChI=1S/C11H21N5O2S/c1-4-9-10(12-2)14-8-15-11(9)13-6-5-7-16-19(3,17)18/h8,16H,4-7H2,1-3H3,(H2,12,13,14,15). The Bertz CT molecular complexity index is 504. The van der Waals surface area contributed by atoms with Crippen LogP contribution in [0.1, 0.15) is 18.9 Å². The zero-order valence-electron chi connectivity index (χ0n) is 11.5. The molecule has 0 spiro atoms. The highest BCUT2D eigenvalue weighted by molar-refractivity contribution is 7.88. The molecule has 1 aromatic rings. The van der Waals surface area contributed by atoms with Crippen LogP contribution in [0.4, 0.5) is 11.6 Å². The molecule has 0 atom stereocenters. The van der Waals surface area contributed by atoms with Gasteiger partial charge in [0.05, 0.1) is 6.26 Å².